The number of allylic oxidation sites excluding steroid dienone is 4. The summed E-state index contributed by atoms with van der Waals surface area (Å²) in [6.45, 7) is 0. The largest absolute Gasteiger partial charge is 0.0882 e. The van der Waals surface area contributed by atoms with Gasteiger partial charge in [0.25, 0.3) is 0 Å². The Morgan fingerprint density at radius 3 is 2.07 bits per heavy atom. The second-order valence-electron chi connectivity index (χ2n) is 4.04. The fourth-order valence-electron chi connectivity index (χ4n) is 1.77. The van der Waals surface area contributed by atoms with Gasteiger partial charge < -0.3 is 0 Å². The van der Waals surface area contributed by atoms with Crippen LogP contribution in [0.1, 0.15) is 57.8 Å². The van der Waals surface area contributed by atoms with E-state index in [1.807, 2.05) is 0 Å². The van der Waals surface area contributed by atoms with Gasteiger partial charge in [-0.1, -0.05) is 50.0 Å². The molecule has 0 atom stereocenters. The van der Waals surface area contributed by atoms with Crippen LogP contribution in [0.4, 0.5) is 0 Å². The number of hydrogen-bond donors (Lipinski definition) is 0. The molecule has 0 aromatic rings. The summed E-state index contributed by atoms with van der Waals surface area (Å²) in [6, 6.07) is 0. The minimum absolute atomic E-state index is 1.12. The highest BCUT2D eigenvalue weighted by atomic mass is 14.0. The number of hydrogen-bond acceptors (Lipinski definition) is 0. The lowest BCUT2D eigenvalue weighted by Crippen LogP contribution is -1.81. The Morgan fingerprint density at radius 1 is 0.500 bits per heavy atom. The molecular formula is C14H23. The SMILES string of the molecule is [CH]1CC/C=C/C/C=C\CCCCCC1. The molecule has 0 fully saturated rings. The highest BCUT2D eigenvalue weighted by Crippen LogP contribution is 2.10. The van der Waals surface area contributed by atoms with Crippen molar-refractivity contribution in [1.82, 2.24) is 0 Å². The quantitative estimate of drug-likeness (QED) is 0.481. The first-order valence-corrected chi connectivity index (χ1v) is 6.12. The third kappa shape index (κ3) is 6.94. The van der Waals surface area contributed by atoms with Crippen LogP contribution in [0.2, 0.25) is 0 Å². The molecule has 14 heavy (non-hydrogen) atoms. The van der Waals surface area contributed by atoms with E-state index in [1.165, 1.54) is 51.4 Å². The summed E-state index contributed by atoms with van der Waals surface area (Å²) in [7, 11) is 0. The van der Waals surface area contributed by atoms with E-state index in [0.29, 0.717) is 0 Å². The summed E-state index contributed by atoms with van der Waals surface area (Å²) in [5, 5.41) is 0. The second-order valence-corrected chi connectivity index (χ2v) is 4.04. The molecule has 0 bridgehead atoms. The molecule has 1 radical (unpaired) electrons. The van der Waals surface area contributed by atoms with Crippen LogP contribution < -0.4 is 0 Å². The predicted molar refractivity (Wildman–Crippen MR) is 64.1 cm³/mol. The normalized spacial score (nSPS) is 26.3. The Labute approximate surface area is 89.1 Å². The van der Waals surface area contributed by atoms with Gasteiger partial charge in [-0.15, -0.1) is 0 Å². The van der Waals surface area contributed by atoms with Gasteiger partial charge >= 0.3 is 0 Å². The second kappa shape index (κ2) is 9.05. The van der Waals surface area contributed by atoms with Gasteiger partial charge in [-0.2, -0.15) is 0 Å². The minimum Gasteiger partial charge on any atom is -0.0882 e. The molecule has 0 spiro atoms. The van der Waals surface area contributed by atoms with Crippen molar-refractivity contribution in [3.63, 3.8) is 0 Å². The van der Waals surface area contributed by atoms with Crippen molar-refractivity contribution in [3.05, 3.63) is 30.7 Å². The molecular weight excluding hydrogens is 168 g/mol. The molecule has 0 aromatic heterocycles. The monoisotopic (exact) mass is 191 g/mol. The summed E-state index contributed by atoms with van der Waals surface area (Å²) in [6.07, 6.45) is 23.5. The summed E-state index contributed by atoms with van der Waals surface area (Å²) in [4.78, 5) is 0. The maximum atomic E-state index is 2.45. The lowest BCUT2D eigenvalue weighted by atomic mass is 10.1. The lowest BCUT2D eigenvalue weighted by Gasteiger charge is -2.00. The van der Waals surface area contributed by atoms with Crippen LogP contribution in [0.15, 0.2) is 24.3 Å². The van der Waals surface area contributed by atoms with Crippen molar-refractivity contribution in [2.45, 2.75) is 57.8 Å². The molecule has 1 aliphatic carbocycles. The standard InChI is InChI=1S/C14H23/c1-2-4-6-8-10-12-14-13-11-9-7-5-3-1/h1-2,5,7-8H,3-4,6,9-14H2/b2-1+,7-5-. The topological polar surface area (TPSA) is 0 Å². The number of rotatable bonds is 0. The minimum atomic E-state index is 1.12. The van der Waals surface area contributed by atoms with E-state index in [-0.39, 0.29) is 0 Å². The van der Waals surface area contributed by atoms with Crippen LogP contribution in [-0.4, -0.2) is 0 Å². The van der Waals surface area contributed by atoms with E-state index in [0.717, 1.165) is 6.42 Å². The average Bonchev–Trinajstić information content (AvgIpc) is 2.22. The first-order valence-electron chi connectivity index (χ1n) is 6.12. The van der Waals surface area contributed by atoms with Gasteiger partial charge in [0.05, 0.1) is 0 Å². The third-order valence-corrected chi connectivity index (χ3v) is 2.67. The third-order valence-electron chi connectivity index (χ3n) is 2.67. The molecule has 0 aromatic carbocycles. The molecule has 0 unspecified atom stereocenters. The predicted octanol–water partition coefficient (Wildman–Crippen LogP) is 4.83. The maximum Gasteiger partial charge on any atom is -0.0169 e. The first kappa shape index (κ1) is 11.6. The van der Waals surface area contributed by atoms with E-state index in [1.54, 1.807) is 0 Å². The highest BCUT2D eigenvalue weighted by molar-refractivity contribution is 4.93. The van der Waals surface area contributed by atoms with Gasteiger partial charge in [-0.05, 0) is 38.5 Å². The molecule has 0 saturated heterocycles. The molecule has 0 heteroatoms. The van der Waals surface area contributed by atoms with E-state index >= 15 is 0 Å². The van der Waals surface area contributed by atoms with Crippen molar-refractivity contribution in [3.8, 4) is 0 Å². The van der Waals surface area contributed by atoms with E-state index in [9.17, 15) is 0 Å². The van der Waals surface area contributed by atoms with Gasteiger partial charge in [0.2, 0.25) is 0 Å². The van der Waals surface area contributed by atoms with Crippen molar-refractivity contribution >= 4 is 0 Å². The maximum absolute atomic E-state index is 2.45. The van der Waals surface area contributed by atoms with Crippen LogP contribution >= 0.6 is 0 Å². The summed E-state index contributed by atoms with van der Waals surface area (Å²) < 4.78 is 0. The first-order chi connectivity index (χ1) is 7.00. The van der Waals surface area contributed by atoms with Crippen molar-refractivity contribution < 1.29 is 0 Å². The molecule has 0 aliphatic heterocycles. The zero-order valence-corrected chi connectivity index (χ0v) is 9.25. The Kier molecular flexibility index (Phi) is 7.47. The van der Waals surface area contributed by atoms with Crippen LogP contribution in [-0.2, 0) is 0 Å². The van der Waals surface area contributed by atoms with Gasteiger partial charge in [0.15, 0.2) is 0 Å². The smallest absolute Gasteiger partial charge is 0.0169 e. The zero-order valence-electron chi connectivity index (χ0n) is 9.25. The van der Waals surface area contributed by atoms with Gasteiger partial charge in [0, 0.05) is 0 Å². The summed E-state index contributed by atoms with van der Waals surface area (Å²) >= 11 is 0. The zero-order chi connectivity index (χ0) is 9.90. The summed E-state index contributed by atoms with van der Waals surface area (Å²) in [5.41, 5.74) is 0. The Morgan fingerprint density at radius 2 is 1.21 bits per heavy atom. The fraction of sp³-hybridized carbons (Fsp3) is 0.643. The van der Waals surface area contributed by atoms with E-state index < -0.39 is 0 Å². The molecule has 0 amide bonds. The Balaban J connectivity index is 2.17. The fourth-order valence-corrected chi connectivity index (χ4v) is 1.77. The lowest BCUT2D eigenvalue weighted by molar-refractivity contribution is 0.634. The molecule has 0 saturated carbocycles. The van der Waals surface area contributed by atoms with Gasteiger partial charge in [-0.3, -0.25) is 0 Å². The van der Waals surface area contributed by atoms with E-state index in [4.69, 9.17) is 0 Å². The van der Waals surface area contributed by atoms with Crippen molar-refractivity contribution in [2.75, 3.05) is 0 Å². The van der Waals surface area contributed by atoms with Crippen LogP contribution in [0, 0.1) is 6.42 Å². The van der Waals surface area contributed by atoms with Crippen LogP contribution in [0.3, 0.4) is 0 Å². The average molecular weight is 191 g/mol. The molecule has 79 valence electrons. The molecule has 1 rings (SSSR count). The van der Waals surface area contributed by atoms with Gasteiger partial charge in [0.1, 0.15) is 0 Å². The van der Waals surface area contributed by atoms with Crippen LogP contribution in [0.5, 0.6) is 0 Å². The van der Waals surface area contributed by atoms with Crippen molar-refractivity contribution in [2.24, 2.45) is 0 Å². The van der Waals surface area contributed by atoms with Crippen molar-refractivity contribution in [1.29, 1.82) is 0 Å². The molecule has 0 N–H and O–H groups in total. The molecule has 0 heterocycles. The van der Waals surface area contributed by atoms with Crippen LogP contribution in [0.25, 0.3) is 0 Å². The molecule has 1 aliphatic rings. The Hall–Kier alpha value is -0.520. The highest BCUT2D eigenvalue weighted by Gasteiger charge is 1.91. The summed E-state index contributed by atoms with van der Waals surface area (Å²) in [5.74, 6) is 0. The Bertz CT molecular complexity index is 147. The molecule has 0 nitrogen and oxygen atoms in total. The van der Waals surface area contributed by atoms with Gasteiger partial charge in [-0.25, -0.2) is 0 Å². The van der Waals surface area contributed by atoms with E-state index in [2.05, 4.69) is 30.7 Å².